The highest BCUT2D eigenvalue weighted by atomic mass is 16.7. The molecule has 1 N–H and O–H groups in total. The van der Waals surface area contributed by atoms with Crippen molar-refractivity contribution < 1.29 is 38.4 Å². The van der Waals surface area contributed by atoms with Crippen molar-refractivity contribution in [3.63, 3.8) is 0 Å². The Morgan fingerprint density at radius 2 is 0.786 bits per heavy atom. The van der Waals surface area contributed by atoms with E-state index in [2.05, 4.69) is 0 Å². The van der Waals surface area contributed by atoms with Crippen molar-refractivity contribution in [3.05, 3.63) is 215 Å². The van der Waals surface area contributed by atoms with Gasteiger partial charge in [0.05, 0.1) is 6.61 Å². The number of hydrogen-bond donors (Lipinski definition) is 1. The van der Waals surface area contributed by atoms with Gasteiger partial charge in [-0.15, -0.1) is 0 Å². The van der Waals surface area contributed by atoms with Gasteiger partial charge in [-0.1, -0.05) is 182 Å². The van der Waals surface area contributed by atoms with Crippen LogP contribution >= 0.6 is 0 Å². The van der Waals surface area contributed by atoms with Crippen molar-refractivity contribution in [1.29, 1.82) is 0 Å². The first-order chi connectivity index (χ1) is 27.3. The van der Waals surface area contributed by atoms with Crippen molar-refractivity contribution in [3.8, 4) is 0 Å². The molecular formula is C48H44O8. The third kappa shape index (κ3) is 7.78. The highest BCUT2D eigenvalue weighted by Crippen LogP contribution is 2.45. The third-order valence-corrected chi connectivity index (χ3v) is 10.1. The first-order valence-electron chi connectivity index (χ1n) is 18.7. The molecule has 56 heavy (non-hydrogen) atoms. The van der Waals surface area contributed by atoms with E-state index in [0.717, 1.165) is 33.4 Å². The first-order valence-corrected chi connectivity index (χ1v) is 18.7. The Bertz CT molecular complexity index is 1960. The largest absolute Gasteiger partial charge is 0.457 e. The molecule has 1 fully saturated rings. The summed E-state index contributed by atoms with van der Waals surface area (Å²) in [5.41, 5.74) is 2.29. The SMILES string of the molecule is CC(=O)O[C@H]1[C@@H](OC(c2ccccc2)(c2ccccc2)c2ccccc2)[C@H](OC(C)=O)[C@@H](COC(c2ccccc2)(c2ccccc2)c2ccccc2)O[C@@H]1O. The summed E-state index contributed by atoms with van der Waals surface area (Å²) in [6, 6.07) is 58.4. The van der Waals surface area contributed by atoms with Crippen molar-refractivity contribution in [2.75, 3.05) is 6.61 Å². The molecule has 6 aromatic rings. The van der Waals surface area contributed by atoms with Gasteiger partial charge >= 0.3 is 11.9 Å². The second kappa shape index (κ2) is 17.3. The number of benzene rings is 6. The summed E-state index contributed by atoms with van der Waals surface area (Å²) in [5.74, 6) is -1.30. The summed E-state index contributed by atoms with van der Waals surface area (Å²) in [4.78, 5) is 25.9. The van der Waals surface area contributed by atoms with Gasteiger partial charge in [0, 0.05) is 13.8 Å². The van der Waals surface area contributed by atoms with Gasteiger partial charge in [0.2, 0.25) is 0 Å². The number of ether oxygens (including phenoxy) is 5. The van der Waals surface area contributed by atoms with E-state index in [1.54, 1.807) is 0 Å². The summed E-state index contributed by atoms with van der Waals surface area (Å²) >= 11 is 0. The lowest BCUT2D eigenvalue weighted by atomic mass is 9.79. The number of carbonyl (C=O) groups excluding carboxylic acids is 2. The molecule has 0 aliphatic carbocycles. The van der Waals surface area contributed by atoms with E-state index in [9.17, 15) is 14.7 Å². The Balaban J connectivity index is 1.39. The number of aliphatic hydroxyl groups excluding tert-OH is 1. The molecule has 0 amide bonds. The Morgan fingerprint density at radius 3 is 1.11 bits per heavy atom. The van der Waals surface area contributed by atoms with Crippen molar-refractivity contribution >= 4 is 11.9 Å². The molecule has 5 atom stereocenters. The van der Waals surface area contributed by atoms with Gasteiger partial charge < -0.3 is 28.8 Å². The van der Waals surface area contributed by atoms with Gasteiger partial charge in [-0.3, -0.25) is 9.59 Å². The fourth-order valence-electron chi connectivity index (χ4n) is 7.72. The minimum atomic E-state index is -1.69. The number of hydrogen-bond acceptors (Lipinski definition) is 8. The molecule has 7 rings (SSSR count). The topological polar surface area (TPSA) is 101 Å². The molecule has 1 heterocycles. The molecule has 1 aliphatic rings. The highest BCUT2D eigenvalue weighted by Gasteiger charge is 2.55. The molecule has 284 valence electrons. The van der Waals surface area contributed by atoms with E-state index < -0.39 is 53.8 Å². The van der Waals surface area contributed by atoms with Gasteiger partial charge in [0.25, 0.3) is 0 Å². The second-order valence-corrected chi connectivity index (χ2v) is 13.7. The molecule has 0 saturated carbocycles. The van der Waals surface area contributed by atoms with E-state index in [1.165, 1.54) is 13.8 Å². The zero-order valence-corrected chi connectivity index (χ0v) is 31.2. The molecule has 8 heteroatoms. The van der Waals surface area contributed by atoms with E-state index in [-0.39, 0.29) is 6.61 Å². The zero-order valence-electron chi connectivity index (χ0n) is 31.2. The molecule has 6 aromatic carbocycles. The summed E-state index contributed by atoms with van der Waals surface area (Å²) in [6.45, 7) is 2.35. The monoisotopic (exact) mass is 748 g/mol. The smallest absolute Gasteiger partial charge is 0.303 e. The van der Waals surface area contributed by atoms with Crippen LogP contribution in [0.15, 0.2) is 182 Å². The van der Waals surface area contributed by atoms with Gasteiger partial charge in [-0.05, 0) is 33.4 Å². The second-order valence-electron chi connectivity index (χ2n) is 13.7. The van der Waals surface area contributed by atoms with Crippen LogP contribution in [0, 0.1) is 0 Å². The van der Waals surface area contributed by atoms with Gasteiger partial charge in [0.1, 0.15) is 23.4 Å². The standard InChI is InChI=1S/C48H44O8/c1-34(49)53-43-42(33-52-47(36-21-9-3-10-22-36,37-23-11-4-12-24-37)38-25-13-5-14-26-38)55-46(51)45(54-35(2)50)44(43)56-48(39-27-15-6-16-28-39,40-29-17-7-18-30-40)41-31-19-8-20-32-41/h3-32,42-46,51H,33H2,1-2H3/t42-,43-,44+,45+,46+/m1/s1. The fraction of sp³-hybridized carbons (Fsp3) is 0.208. The highest BCUT2D eigenvalue weighted by molar-refractivity contribution is 5.67. The Hall–Kier alpha value is -5.90. The number of rotatable bonds is 13. The van der Waals surface area contributed by atoms with Crippen LogP contribution < -0.4 is 0 Å². The van der Waals surface area contributed by atoms with Crippen LogP contribution in [0.25, 0.3) is 0 Å². The molecule has 0 unspecified atom stereocenters. The van der Waals surface area contributed by atoms with Crippen LogP contribution in [0.3, 0.4) is 0 Å². The molecule has 0 bridgehead atoms. The average molecular weight is 749 g/mol. The predicted molar refractivity (Wildman–Crippen MR) is 211 cm³/mol. The Labute approximate surface area is 327 Å². The lowest BCUT2D eigenvalue weighted by Gasteiger charge is -2.48. The average Bonchev–Trinajstić information content (AvgIpc) is 3.24. The van der Waals surface area contributed by atoms with Crippen LogP contribution in [0.2, 0.25) is 0 Å². The predicted octanol–water partition coefficient (Wildman–Crippen LogP) is 7.95. The molecule has 0 aromatic heterocycles. The van der Waals surface area contributed by atoms with E-state index in [0.29, 0.717) is 0 Å². The van der Waals surface area contributed by atoms with Crippen molar-refractivity contribution in [2.24, 2.45) is 0 Å². The van der Waals surface area contributed by atoms with Crippen LogP contribution in [0.1, 0.15) is 47.2 Å². The minimum absolute atomic E-state index is 0.185. The van der Waals surface area contributed by atoms with Gasteiger partial charge in [0.15, 0.2) is 18.5 Å². The molecular weight excluding hydrogens is 705 g/mol. The maximum absolute atomic E-state index is 13.1. The lowest BCUT2D eigenvalue weighted by Crippen LogP contribution is -2.63. The first kappa shape index (κ1) is 38.4. The molecule has 0 radical (unpaired) electrons. The normalized spacial score (nSPS) is 19.8. The van der Waals surface area contributed by atoms with Crippen LogP contribution in [0.4, 0.5) is 0 Å². The van der Waals surface area contributed by atoms with Crippen molar-refractivity contribution in [2.45, 2.75) is 55.8 Å². The Kier molecular flexibility index (Phi) is 11.8. The minimum Gasteiger partial charge on any atom is -0.457 e. The molecule has 1 aliphatic heterocycles. The zero-order chi connectivity index (χ0) is 39.0. The van der Waals surface area contributed by atoms with Crippen LogP contribution in [0.5, 0.6) is 0 Å². The number of esters is 2. The van der Waals surface area contributed by atoms with E-state index in [1.807, 2.05) is 182 Å². The third-order valence-electron chi connectivity index (χ3n) is 10.1. The quantitative estimate of drug-likeness (QED) is 0.0939. The number of carbonyl (C=O) groups is 2. The summed E-state index contributed by atoms with van der Waals surface area (Å²) in [6.07, 6.45) is -6.73. The molecule has 0 spiro atoms. The summed E-state index contributed by atoms with van der Waals surface area (Å²) in [7, 11) is 0. The van der Waals surface area contributed by atoms with Gasteiger partial charge in [-0.2, -0.15) is 0 Å². The van der Waals surface area contributed by atoms with E-state index >= 15 is 0 Å². The molecule has 8 nitrogen and oxygen atoms in total. The maximum atomic E-state index is 13.1. The van der Waals surface area contributed by atoms with Gasteiger partial charge in [-0.25, -0.2) is 0 Å². The fourth-order valence-corrected chi connectivity index (χ4v) is 7.72. The maximum Gasteiger partial charge on any atom is 0.303 e. The van der Waals surface area contributed by atoms with Crippen molar-refractivity contribution in [1.82, 2.24) is 0 Å². The van der Waals surface area contributed by atoms with Crippen LogP contribution in [-0.2, 0) is 44.5 Å². The number of aliphatic hydroxyl groups is 1. The lowest BCUT2D eigenvalue weighted by molar-refractivity contribution is -0.313. The van der Waals surface area contributed by atoms with Crippen LogP contribution in [-0.4, -0.2) is 54.4 Å². The molecule has 1 saturated heterocycles. The Morgan fingerprint density at radius 1 is 0.482 bits per heavy atom. The van der Waals surface area contributed by atoms with E-state index in [4.69, 9.17) is 23.7 Å². The summed E-state index contributed by atoms with van der Waals surface area (Å²) in [5, 5.41) is 11.8. The summed E-state index contributed by atoms with van der Waals surface area (Å²) < 4.78 is 32.8.